The topological polar surface area (TPSA) is 51.8 Å². The van der Waals surface area contributed by atoms with Crippen molar-refractivity contribution in [3.8, 4) is 22.5 Å². The molecule has 4 aromatic heterocycles. The zero-order valence-electron chi connectivity index (χ0n) is 32.0. The van der Waals surface area contributed by atoms with Gasteiger partial charge in [-0.05, 0) is 53.8 Å². The normalized spacial score (nSPS) is 14.1. The van der Waals surface area contributed by atoms with E-state index in [2.05, 4.69) is 82.9 Å². The SMILES string of the molecule is Cc1cnc(-c2[c-]ccc3c2oc2c3ccc3sc(C(C)(C)C)nc32)cc1C(C)C.[2H]C([2H])([2H])c1c[c-]c(-c2ccc(C([2H])([2H])[2H])cn2)cc1.[Ir]. The van der Waals surface area contributed by atoms with Crippen LogP contribution in [0.3, 0.4) is 0 Å². The van der Waals surface area contributed by atoms with Gasteiger partial charge in [-0.2, -0.15) is 0 Å². The number of furan rings is 1. The van der Waals surface area contributed by atoms with E-state index >= 15 is 0 Å². The van der Waals surface area contributed by atoms with E-state index in [0.717, 1.165) is 48.4 Å². The van der Waals surface area contributed by atoms with Gasteiger partial charge in [0.2, 0.25) is 0 Å². The summed E-state index contributed by atoms with van der Waals surface area (Å²) in [6, 6.07) is 24.4. The minimum atomic E-state index is -2.18. The van der Waals surface area contributed by atoms with E-state index in [-0.39, 0.29) is 36.6 Å². The van der Waals surface area contributed by atoms with Gasteiger partial charge in [0, 0.05) is 51.5 Å². The average Bonchev–Trinajstić information content (AvgIpc) is 3.67. The van der Waals surface area contributed by atoms with Crippen molar-refractivity contribution in [2.45, 2.75) is 66.6 Å². The van der Waals surface area contributed by atoms with E-state index in [1.54, 1.807) is 23.5 Å². The molecule has 231 valence electrons. The van der Waals surface area contributed by atoms with Crippen molar-refractivity contribution in [3.63, 3.8) is 0 Å². The van der Waals surface area contributed by atoms with Crippen LogP contribution in [0.1, 0.15) is 76.0 Å². The van der Waals surface area contributed by atoms with Crippen LogP contribution in [0.5, 0.6) is 0 Å². The Balaban J connectivity index is 0.000000211. The Bertz CT molecular complexity index is 2260. The summed E-state index contributed by atoms with van der Waals surface area (Å²) in [7, 11) is 0. The van der Waals surface area contributed by atoms with Gasteiger partial charge in [-0.3, -0.25) is 0 Å². The minimum absolute atomic E-state index is 0. The van der Waals surface area contributed by atoms with Gasteiger partial charge < -0.3 is 14.4 Å². The molecular formula is C39H37IrN3OS-2. The molecule has 0 spiro atoms. The van der Waals surface area contributed by atoms with Crippen molar-refractivity contribution in [1.29, 1.82) is 0 Å². The van der Waals surface area contributed by atoms with Crippen LogP contribution in [-0.4, -0.2) is 15.0 Å². The van der Waals surface area contributed by atoms with Gasteiger partial charge in [-0.15, -0.1) is 64.9 Å². The Labute approximate surface area is 291 Å². The van der Waals surface area contributed by atoms with Crippen LogP contribution >= 0.6 is 11.3 Å². The summed E-state index contributed by atoms with van der Waals surface area (Å²) >= 11 is 1.75. The molecule has 0 aliphatic heterocycles. The maximum atomic E-state index is 7.28. The van der Waals surface area contributed by atoms with Gasteiger partial charge in [0.05, 0.1) is 15.3 Å². The zero-order valence-corrected chi connectivity index (χ0v) is 29.2. The first kappa shape index (κ1) is 25.5. The maximum absolute atomic E-state index is 7.28. The maximum Gasteiger partial charge on any atom is 0.148 e. The van der Waals surface area contributed by atoms with Gasteiger partial charge in [-0.25, -0.2) is 4.98 Å². The summed E-state index contributed by atoms with van der Waals surface area (Å²) in [5.41, 5.74) is 8.52. The third-order valence-corrected chi connectivity index (χ3v) is 8.92. The molecule has 0 saturated carbocycles. The average molecular weight is 794 g/mol. The minimum Gasteiger partial charge on any atom is -0.498 e. The van der Waals surface area contributed by atoms with Gasteiger partial charge in [0.15, 0.2) is 0 Å². The van der Waals surface area contributed by atoms with Crippen molar-refractivity contribution in [1.82, 2.24) is 15.0 Å². The number of pyridine rings is 2. The van der Waals surface area contributed by atoms with Crippen LogP contribution in [0.15, 0.2) is 77.5 Å². The van der Waals surface area contributed by atoms with Gasteiger partial charge in [0.1, 0.15) is 11.1 Å². The molecule has 0 amide bonds. The first-order valence-electron chi connectivity index (χ1n) is 17.5. The predicted octanol–water partition coefficient (Wildman–Crippen LogP) is 11.0. The smallest absolute Gasteiger partial charge is 0.148 e. The zero-order chi connectivity index (χ0) is 36.2. The van der Waals surface area contributed by atoms with E-state index in [1.807, 2.05) is 12.3 Å². The first-order valence-corrected chi connectivity index (χ1v) is 15.4. The van der Waals surface area contributed by atoms with Gasteiger partial charge in [0.25, 0.3) is 0 Å². The molecule has 0 aliphatic carbocycles. The molecule has 0 fully saturated rings. The van der Waals surface area contributed by atoms with E-state index in [0.29, 0.717) is 17.2 Å². The first-order chi connectivity index (χ1) is 23.4. The Kier molecular flexibility index (Phi) is 7.34. The number of benzene rings is 3. The molecule has 3 aromatic carbocycles. The molecule has 0 atom stereocenters. The van der Waals surface area contributed by atoms with Gasteiger partial charge in [-0.1, -0.05) is 76.7 Å². The van der Waals surface area contributed by atoms with Crippen molar-refractivity contribution in [2.75, 3.05) is 0 Å². The molecular weight excluding hydrogens is 751 g/mol. The number of aryl methyl sites for hydroxylation is 3. The number of hydrogen-bond acceptors (Lipinski definition) is 5. The molecule has 7 aromatic rings. The number of fused-ring (bicyclic) bond motifs is 5. The molecule has 4 heterocycles. The fourth-order valence-corrected chi connectivity index (χ4v) is 6.16. The Morgan fingerprint density at radius 2 is 1.62 bits per heavy atom. The largest absolute Gasteiger partial charge is 0.498 e. The molecule has 6 heteroatoms. The van der Waals surface area contributed by atoms with E-state index in [1.165, 1.54) is 35.5 Å². The van der Waals surface area contributed by atoms with Crippen LogP contribution in [0.25, 0.3) is 54.7 Å². The molecule has 1 radical (unpaired) electrons. The molecule has 0 unspecified atom stereocenters. The number of nitrogens with zero attached hydrogens (tertiary/aromatic N) is 3. The Morgan fingerprint density at radius 3 is 2.29 bits per heavy atom. The quantitative estimate of drug-likeness (QED) is 0.167. The van der Waals surface area contributed by atoms with E-state index in [4.69, 9.17) is 22.6 Å². The number of aromatic nitrogens is 3. The summed E-state index contributed by atoms with van der Waals surface area (Å²) < 4.78 is 51.3. The summed E-state index contributed by atoms with van der Waals surface area (Å²) in [5, 5.41) is 3.30. The Hall–Kier alpha value is -3.70. The second-order valence-electron chi connectivity index (χ2n) is 12.3. The molecule has 4 nitrogen and oxygen atoms in total. The predicted molar refractivity (Wildman–Crippen MR) is 184 cm³/mol. The van der Waals surface area contributed by atoms with Crippen LogP contribution < -0.4 is 0 Å². The van der Waals surface area contributed by atoms with Crippen LogP contribution in [0, 0.1) is 32.8 Å². The summed E-state index contributed by atoms with van der Waals surface area (Å²) in [5.74, 6) is 0.437. The fraction of sp³-hybridized carbons (Fsp3) is 0.256. The van der Waals surface area contributed by atoms with Crippen LogP contribution in [0.4, 0.5) is 0 Å². The van der Waals surface area contributed by atoms with E-state index < -0.39 is 13.7 Å². The van der Waals surface area contributed by atoms with Crippen molar-refractivity contribution in [3.05, 3.63) is 112 Å². The molecule has 0 saturated heterocycles. The number of thiazole rings is 1. The third-order valence-electron chi connectivity index (χ3n) is 7.47. The summed E-state index contributed by atoms with van der Waals surface area (Å²) in [6.45, 7) is 8.79. The van der Waals surface area contributed by atoms with Crippen molar-refractivity contribution < 1.29 is 32.7 Å². The fourth-order valence-electron chi connectivity index (χ4n) is 5.14. The number of hydrogen-bond donors (Lipinski definition) is 0. The van der Waals surface area contributed by atoms with E-state index in [9.17, 15) is 0 Å². The van der Waals surface area contributed by atoms with Gasteiger partial charge >= 0.3 is 0 Å². The summed E-state index contributed by atoms with van der Waals surface area (Å²) in [6.07, 6.45) is 3.25. The van der Waals surface area contributed by atoms with Crippen molar-refractivity contribution >= 4 is 43.5 Å². The Morgan fingerprint density at radius 1 is 0.867 bits per heavy atom. The molecule has 0 aliphatic rings. The third kappa shape index (κ3) is 6.65. The van der Waals surface area contributed by atoms with Crippen molar-refractivity contribution in [2.24, 2.45) is 0 Å². The second-order valence-corrected chi connectivity index (χ2v) is 13.3. The molecule has 45 heavy (non-hydrogen) atoms. The second kappa shape index (κ2) is 13.0. The molecule has 0 bridgehead atoms. The molecule has 7 rings (SSSR count). The number of rotatable bonds is 3. The molecule has 0 N–H and O–H groups in total. The van der Waals surface area contributed by atoms with Crippen LogP contribution in [0.2, 0.25) is 0 Å². The standard InChI is InChI=1S/C26H25N2OS.C13H12N.Ir/c1-14(2)19-12-20(27-13-15(19)3)18-9-7-8-16-17-10-11-21-22(24(17)29-23(16)18)28-25(30-21)26(4,5)6;1-10-3-6-12(7-4-10)13-8-5-11(2)9-14-13;/h7-8,10-14H,1-6H3;3-6,8-9H,1-2H3;/q2*-1;/i;1D3,2D3;. The monoisotopic (exact) mass is 794 g/mol. The van der Waals surface area contributed by atoms with Crippen LogP contribution in [-0.2, 0) is 25.5 Å². The summed E-state index contributed by atoms with van der Waals surface area (Å²) in [4.78, 5) is 13.7.